The molecular formula is C12H16ClNO3S. The number of hydrogen-bond donors (Lipinski definition) is 2. The van der Waals surface area contributed by atoms with Crippen LogP contribution >= 0.6 is 11.6 Å². The van der Waals surface area contributed by atoms with Gasteiger partial charge in [0.2, 0.25) is 0 Å². The molecule has 1 unspecified atom stereocenters. The maximum absolute atomic E-state index is 11.9. The summed E-state index contributed by atoms with van der Waals surface area (Å²) < 4.78 is 23.9. The minimum Gasteiger partial charge on any atom is -0.390 e. The number of benzene rings is 1. The Bertz CT molecular complexity index is 497. The van der Waals surface area contributed by atoms with Crippen LogP contribution in [0.15, 0.2) is 29.2 Å². The molecule has 1 aromatic carbocycles. The van der Waals surface area contributed by atoms with Crippen molar-refractivity contribution in [3.8, 4) is 0 Å². The van der Waals surface area contributed by atoms with Crippen molar-refractivity contribution in [2.45, 2.75) is 29.1 Å². The summed E-state index contributed by atoms with van der Waals surface area (Å²) in [6.45, 7) is 0.345. The van der Waals surface area contributed by atoms with E-state index in [0.29, 0.717) is 11.4 Å². The van der Waals surface area contributed by atoms with E-state index in [2.05, 4.69) is 5.32 Å². The van der Waals surface area contributed by atoms with Crippen LogP contribution < -0.4 is 5.32 Å². The Morgan fingerprint density at radius 1 is 1.33 bits per heavy atom. The molecule has 0 heterocycles. The van der Waals surface area contributed by atoms with Crippen LogP contribution in [-0.4, -0.2) is 37.3 Å². The Hall–Kier alpha value is -0.780. The van der Waals surface area contributed by atoms with Gasteiger partial charge < -0.3 is 10.4 Å². The van der Waals surface area contributed by atoms with E-state index >= 15 is 0 Å². The van der Waals surface area contributed by atoms with Gasteiger partial charge in [-0.15, -0.1) is 11.6 Å². The maximum Gasteiger partial charge on any atom is 0.181 e. The number of anilines is 1. The number of halogens is 1. The third-order valence-electron chi connectivity index (χ3n) is 2.87. The Morgan fingerprint density at radius 3 is 2.44 bits per heavy atom. The van der Waals surface area contributed by atoms with Gasteiger partial charge in [-0.2, -0.15) is 0 Å². The summed E-state index contributed by atoms with van der Waals surface area (Å²) >= 11 is 5.48. The average molecular weight is 290 g/mol. The predicted octanol–water partition coefficient (Wildman–Crippen LogP) is 1.63. The van der Waals surface area contributed by atoms with Crippen LogP contribution in [-0.2, 0) is 9.84 Å². The van der Waals surface area contributed by atoms with E-state index < -0.39 is 15.9 Å². The number of aliphatic hydroxyl groups excluding tert-OH is 1. The van der Waals surface area contributed by atoms with Crippen molar-refractivity contribution in [2.75, 3.05) is 17.7 Å². The lowest BCUT2D eigenvalue weighted by Crippen LogP contribution is -2.20. The summed E-state index contributed by atoms with van der Waals surface area (Å²) in [6, 6.07) is 6.61. The molecule has 2 N–H and O–H groups in total. The van der Waals surface area contributed by atoms with E-state index in [-0.39, 0.29) is 11.1 Å². The van der Waals surface area contributed by atoms with Gasteiger partial charge in [-0.05, 0) is 37.1 Å². The Morgan fingerprint density at radius 2 is 1.94 bits per heavy atom. The van der Waals surface area contributed by atoms with Crippen molar-refractivity contribution in [1.82, 2.24) is 0 Å². The van der Waals surface area contributed by atoms with Crippen LogP contribution in [0.1, 0.15) is 12.8 Å². The summed E-state index contributed by atoms with van der Waals surface area (Å²) in [7, 11) is -3.12. The summed E-state index contributed by atoms with van der Waals surface area (Å²) in [5, 5.41) is 12.1. The molecule has 0 aromatic heterocycles. The molecule has 0 aliphatic heterocycles. The molecule has 1 fully saturated rings. The predicted molar refractivity (Wildman–Crippen MR) is 71.9 cm³/mol. The number of aliphatic hydroxyl groups is 1. The molecule has 1 aliphatic rings. The van der Waals surface area contributed by atoms with Crippen LogP contribution in [0.5, 0.6) is 0 Å². The number of hydrogen-bond acceptors (Lipinski definition) is 4. The van der Waals surface area contributed by atoms with Gasteiger partial charge in [0.1, 0.15) is 0 Å². The summed E-state index contributed by atoms with van der Waals surface area (Å²) in [6.07, 6.45) is 0.927. The molecule has 0 amide bonds. The van der Waals surface area contributed by atoms with Crippen molar-refractivity contribution in [1.29, 1.82) is 0 Å². The molecule has 100 valence electrons. The molecule has 0 bridgehead atoms. The van der Waals surface area contributed by atoms with Crippen molar-refractivity contribution in [3.63, 3.8) is 0 Å². The second-order valence-electron chi connectivity index (χ2n) is 4.46. The first-order valence-corrected chi connectivity index (χ1v) is 7.94. The highest BCUT2D eigenvalue weighted by Gasteiger charge is 2.36. The maximum atomic E-state index is 11.9. The van der Waals surface area contributed by atoms with Crippen molar-refractivity contribution < 1.29 is 13.5 Å². The fourth-order valence-electron chi connectivity index (χ4n) is 1.62. The fraction of sp³-hybridized carbons (Fsp3) is 0.500. The first-order chi connectivity index (χ1) is 8.54. The largest absolute Gasteiger partial charge is 0.390 e. The van der Waals surface area contributed by atoms with Crippen LogP contribution in [0.4, 0.5) is 5.69 Å². The Balaban J connectivity index is 2.01. The monoisotopic (exact) mass is 289 g/mol. The quantitative estimate of drug-likeness (QED) is 0.781. The lowest BCUT2D eigenvalue weighted by Gasteiger charge is -2.10. The number of nitrogens with one attached hydrogen (secondary N) is 1. The lowest BCUT2D eigenvalue weighted by molar-refractivity contribution is 0.211. The zero-order chi connectivity index (χ0) is 13.2. The van der Waals surface area contributed by atoms with E-state index in [9.17, 15) is 13.5 Å². The Kier molecular flexibility index (Phi) is 4.14. The molecule has 4 nitrogen and oxygen atoms in total. The van der Waals surface area contributed by atoms with Gasteiger partial charge >= 0.3 is 0 Å². The van der Waals surface area contributed by atoms with Crippen molar-refractivity contribution in [2.24, 2.45) is 0 Å². The highest BCUT2D eigenvalue weighted by molar-refractivity contribution is 7.92. The average Bonchev–Trinajstić information content (AvgIpc) is 3.21. The van der Waals surface area contributed by atoms with Gasteiger partial charge in [0.25, 0.3) is 0 Å². The van der Waals surface area contributed by atoms with Gasteiger partial charge in [-0.25, -0.2) is 8.42 Å². The second kappa shape index (κ2) is 5.47. The minimum atomic E-state index is -3.12. The van der Waals surface area contributed by atoms with E-state index in [1.807, 2.05) is 0 Å². The zero-order valence-electron chi connectivity index (χ0n) is 9.84. The third-order valence-corrected chi connectivity index (χ3v) is 5.50. The number of rotatable bonds is 6. The molecule has 0 saturated heterocycles. The molecule has 1 aliphatic carbocycles. The van der Waals surface area contributed by atoms with E-state index in [1.165, 1.54) is 0 Å². The highest BCUT2D eigenvalue weighted by Crippen LogP contribution is 2.33. The standard InChI is InChI=1S/C12H16ClNO3S/c13-7-10(15)8-14-9-1-3-11(4-2-9)18(16,17)12-5-6-12/h1-4,10,12,14-15H,5-8H2. The molecule has 18 heavy (non-hydrogen) atoms. The van der Waals surface area contributed by atoms with Crippen LogP contribution in [0.25, 0.3) is 0 Å². The summed E-state index contributed by atoms with van der Waals surface area (Å²) in [5.74, 6) is 0.168. The smallest absolute Gasteiger partial charge is 0.181 e. The lowest BCUT2D eigenvalue weighted by atomic mass is 10.3. The van der Waals surface area contributed by atoms with Crippen LogP contribution in [0, 0.1) is 0 Å². The zero-order valence-corrected chi connectivity index (χ0v) is 11.4. The minimum absolute atomic E-state index is 0.168. The van der Waals surface area contributed by atoms with Crippen molar-refractivity contribution in [3.05, 3.63) is 24.3 Å². The first-order valence-electron chi connectivity index (χ1n) is 5.86. The molecule has 2 rings (SSSR count). The van der Waals surface area contributed by atoms with E-state index in [1.54, 1.807) is 24.3 Å². The molecule has 1 aromatic rings. The SMILES string of the molecule is O=S(=O)(c1ccc(NCC(O)CCl)cc1)C1CC1. The summed E-state index contributed by atoms with van der Waals surface area (Å²) in [5.41, 5.74) is 0.772. The second-order valence-corrected chi connectivity index (χ2v) is 6.99. The van der Waals surface area contributed by atoms with Gasteiger partial charge in [0.15, 0.2) is 9.84 Å². The van der Waals surface area contributed by atoms with Gasteiger partial charge in [0.05, 0.1) is 22.1 Å². The number of sulfone groups is 1. The fourth-order valence-corrected chi connectivity index (χ4v) is 3.39. The molecule has 1 saturated carbocycles. The summed E-state index contributed by atoms with van der Waals surface area (Å²) in [4.78, 5) is 0.369. The number of alkyl halides is 1. The highest BCUT2D eigenvalue weighted by atomic mass is 35.5. The van der Waals surface area contributed by atoms with Crippen molar-refractivity contribution >= 4 is 27.1 Å². The van der Waals surface area contributed by atoms with E-state index in [0.717, 1.165) is 18.5 Å². The first kappa shape index (κ1) is 13.6. The molecule has 0 radical (unpaired) electrons. The van der Waals surface area contributed by atoms with Gasteiger partial charge in [0, 0.05) is 12.2 Å². The normalized spacial score (nSPS) is 17.4. The molecule has 6 heteroatoms. The topological polar surface area (TPSA) is 66.4 Å². The Labute approximate surface area is 112 Å². The molecule has 0 spiro atoms. The molecule has 1 atom stereocenters. The van der Waals surface area contributed by atoms with E-state index in [4.69, 9.17) is 11.6 Å². The molecular weight excluding hydrogens is 274 g/mol. The van der Waals surface area contributed by atoms with Gasteiger partial charge in [-0.1, -0.05) is 0 Å². The van der Waals surface area contributed by atoms with Gasteiger partial charge in [-0.3, -0.25) is 0 Å². The van der Waals surface area contributed by atoms with Crippen LogP contribution in [0.3, 0.4) is 0 Å². The third kappa shape index (κ3) is 3.16. The van der Waals surface area contributed by atoms with Crippen LogP contribution in [0.2, 0.25) is 0 Å².